The Hall–Kier alpha value is -2.04. The van der Waals surface area contributed by atoms with Gasteiger partial charge in [-0.15, -0.1) is 0 Å². The third-order valence-corrected chi connectivity index (χ3v) is 3.54. The predicted molar refractivity (Wildman–Crippen MR) is 84.4 cm³/mol. The van der Waals surface area contributed by atoms with E-state index in [9.17, 15) is 9.59 Å². The quantitative estimate of drug-likeness (QED) is 0.934. The molecular formula is C17H24N2O3. The van der Waals surface area contributed by atoms with Crippen LogP contribution in [0.25, 0.3) is 0 Å². The highest BCUT2D eigenvalue weighted by Gasteiger charge is 2.30. The molecule has 0 saturated carbocycles. The highest BCUT2D eigenvalue weighted by molar-refractivity contribution is 5.82. The topological polar surface area (TPSA) is 58.6 Å². The van der Waals surface area contributed by atoms with E-state index in [1.54, 1.807) is 20.8 Å². The number of amides is 2. The summed E-state index contributed by atoms with van der Waals surface area (Å²) >= 11 is 0. The van der Waals surface area contributed by atoms with Crippen LogP contribution >= 0.6 is 0 Å². The van der Waals surface area contributed by atoms with E-state index in [0.717, 1.165) is 24.9 Å². The monoisotopic (exact) mass is 304 g/mol. The van der Waals surface area contributed by atoms with Crippen LogP contribution in [0.5, 0.6) is 0 Å². The fraction of sp³-hybridized carbons (Fsp3) is 0.529. The Morgan fingerprint density at radius 3 is 2.59 bits per heavy atom. The number of carbonyl (C=O) groups is 2. The maximum Gasteiger partial charge on any atom is 0.408 e. The standard InChI is InChI=1S/C17H24N2O3/c1-17(2,3)22-16(21)18-12-15(20)19-11-7-10-14(19)13-8-5-4-6-9-13/h4-6,8-9,14H,7,10-12H2,1-3H3,(H,18,21). The normalized spacial score (nSPS) is 18.1. The van der Waals surface area contributed by atoms with Crippen molar-refractivity contribution in [2.24, 2.45) is 0 Å². The highest BCUT2D eigenvalue weighted by Crippen LogP contribution is 2.31. The van der Waals surface area contributed by atoms with E-state index in [1.165, 1.54) is 0 Å². The van der Waals surface area contributed by atoms with Crippen molar-refractivity contribution >= 4 is 12.0 Å². The van der Waals surface area contributed by atoms with Gasteiger partial charge in [-0.05, 0) is 39.2 Å². The molecule has 1 aliphatic rings. The predicted octanol–water partition coefficient (Wildman–Crippen LogP) is 2.87. The maximum atomic E-state index is 12.4. The molecule has 0 aromatic heterocycles. The van der Waals surface area contributed by atoms with Gasteiger partial charge in [-0.3, -0.25) is 4.79 Å². The lowest BCUT2D eigenvalue weighted by Crippen LogP contribution is -2.41. The second kappa shape index (κ2) is 6.81. The molecule has 0 spiro atoms. The average molecular weight is 304 g/mol. The van der Waals surface area contributed by atoms with Crippen LogP contribution in [-0.2, 0) is 9.53 Å². The molecule has 1 unspecified atom stereocenters. The molecule has 1 aliphatic heterocycles. The van der Waals surface area contributed by atoms with Crippen LogP contribution in [0, 0.1) is 0 Å². The third kappa shape index (κ3) is 4.48. The molecule has 0 radical (unpaired) electrons. The van der Waals surface area contributed by atoms with E-state index in [0.29, 0.717) is 0 Å². The van der Waals surface area contributed by atoms with Crippen molar-refractivity contribution in [1.29, 1.82) is 0 Å². The summed E-state index contributed by atoms with van der Waals surface area (Å²) in [5.41, 5.74) is 0.582. The molecule has 2 rings (SSSR count). The van der Waals surface area contributed by atoms with Crippen molar-refractivity contribution in [2.45, 2.75) is 45.3 Å². The zero-order valence-corrected chi connectivity index (χ0v) is 13.5. The van der Waals surface area contributed by atoms with Crippen LogP contribution in [0.1, 0.15) is 45.2 Å². The Labute approximate surface area is 131 Å². The van der Waals surface area contributed by atoms with Crippen molar-refractivity contribution in [1.82, 2.24) is 10.2 Å². The Kier molecular flexibility index (Phi) is 5.06. The summed E-state index contributed by atoms with van der Waals surface area (Å²) in [4.78, 5) is 25.8. The van der Waals surface area contributed by atoms with E-state index < -0.39 is 11.7 Å². The second-order valence-corrected chi connectivity index (χ2v) is 6.51. The van der Waals surface area contributed by atoms with E-state index >= 15 is 0 Å². The van der Waals surface area contributed by atoms with Crippen molar-refractivity contribution in [3.8, 4) is 0 Å². The van der Waals surface area contributed by atoms with Gasteiger partial charge >= 0.3 is 6.09 Å². The number of nitrogens with one attached hydrogen (secondary N) is 1. The maximum absolute atomic E-state index is 12.4. The molecule has 22 heavy (non-hydrogen) atoms. The van der Waals surface area contributed by atoms with E-state index in [-0.39, 0.29) is 18.5 Å². The first kappa shape index (κ1) is 16.3. The number of hydrogen-bond donors (Lipinski definition) is 1. The van der Waals surface area contributed by atoms with Crippen LogP contribution in [0.2, 0.25) is 0 Å². The smallest absolute Gasteiger partial charge is 0.408 e. The van der Waals surface area contributed by atoms with Gasteiger partial charge < -0.3 is 15.0 Å². The molecule has 120 valence electrons. The van der Waals surface area contributed by atoms with Crippen molar-refractivity contribution < 1.29 is 14.3 Å². The molecule has 1 atom stereocenters. The number of carbonyl (C=O) groups excluding carboxylic acids is 2. The van der Waals surface area contributed by atoms with Gasteiger partial charge in [-0.25, -0.2) is 4.79 Å². The lowest BCUT2D eigenvalue weighted by molar-refractivity contribution is -0.131. The van der Waals surface area contributed by atoms with Gasteiger partial charge in [0.25, 0.3) is 0 Å². The average Bonchev–Trinajstić information content (AvgIpc) is 2.93. The van der Waals surface area contributed by atoms with Crippen LogP contribution < -0.4 is 5.32 Å². The number of likely N-dealkylation sites (tertiary alicyclic amines) is 1. The molecule has 5 nitrogen and oxygen atoms in total. The lowest BCUT2D eigenvalue weighted by Gasteiger charge is -2.26. The molecule has 1 saturated heterocycles. The van der Waals surface area contributed by atoms with Crippen LogP contribution in [0.15, 0.2) is 30.3 Å². The zero-order valence-electron chi connectivity index (χ0n) is 13.5. The molecule has 1 N–H and O–H groups in total. The number of ether oxygens (including phenoxy) is 1. The van der Waals surface area contributed by atoms with Crippen molar-refractivity contribution in [3.63, 3.8) is 0 Å². The Morgan fingerprint density at radius 2 is 1.95 bits per heavy atom. The first-order valence-electron chi connectivity index (χ1n) is 7.68. The Bertz CT molecular complexity index is 522. The van der Waals surface area contributed by atoms with E-state index in [1.807, 2.05) is 35.2 Å². The molecule has 1 heterocycles. The minimum absolute atomic E-state index is 0.0295. The van der Waals surface area contributed by atoms with Gasteiger partial charge in [0.05, 0.1) is 6.04 Å². The second-order valence-electron chi connectivity index (χ2n) is 6.51. The van der Waals surface area contributed by atoms with Crippen molar-refractivity contribution in [3.05, 3.63) is 35.9 Å². The number of hydrogen-bond acceptors (Lipinski definition) is 3. The summed E-state index contributed by atoms with van der Waals surface area (Å²) in [6, 6.07) is 10.1. The summed E-state index contributed by atoms with van der Waals surface area (Å²) < 4.78 is 5.14. The van der Waals surface area contributed by atoms with Crippen LogP contribution in [0.4, 0.5) is 4.79 Å². The molecular weight excluding hydrogens is 280 g/mol. The first-order chi connectivity index (χ1) is 10.4. The molecule has 5 heteroatoms. The third-order valence-electron chi connectivity index (χ3n) is 3.54. The van der Waals surface area contributed by atoms with E-state index in [2.05, 4.69) is 5.32 Å². The summed E-state index contributed by atoms with van der Waals surface area (Å²) in [6.07, 6.45) is 1.39. The summed E-state index contributed by atoms with van der Waals surface area (Å²) in [5.74, 6) is -0.0720. The minimum Gasteiger partial charge on any atom is -0.444 e. The summed E-state index contributed by atoms with van der Waals surface area (Å²) in [6.45, 7) is 6.08. The Morgan fingerprint density at radius 1 is 1.27 bits per heavy atom. The number of rotatable bonds is 3. The molecule has 0 aliphatic carbocycles. The van der Waals surface area contributed by atoms with Crippen LogP contribution in [-0.4, -0.2) is 35.6 Å². The number of benzene rings is 1. The first-order valence-corrected chi connectivity index (χ1v) is 7.68. The molecule has 1 aromatic rings. The molecule has 1 fully saturated rings. The summed E-state index contributed by atoms with van der Waals surface area (Å²) in [7, 11) is 0. The molecule has 0 bridgehead atoms. The number of nitrogens with zero attached hydrogens (tertiary/aromatic N) is 1. The van der Waals surface area contributed by atoms with E-state index in [4.69, 9.17) is 4.74 Å². The van der Waals surface area contributed by atoms with Crippen LogP contribution in [0.3, 0.4) is 0 Å². The fourth-order valence-electron chi connectivity index (χ4n) is 2.65. The zero-order chi connectivity index (χ0) is 16.2. The van der Waals surface area contributed by atoms with Gasteiger partial charge in [0, 0.05) is 6.54 Å². The molecule has 2 amide bonds. The largest absolute Gasteiger partial charge is 0.444 e. The lowest BCUT2D eigenvalue weighted by atomic mass is 10.0. The minimum atomic E-state index is -0.562. The molecule has 1 aromatic carbocycles. The van der Waals surface area contributed by atoms with Gasteiger partial charge in [0.1, 0.15) is 12.1 Å². The van der Waals surface area contributed by atoms with Gasteiger partial charge in [0.15, 0.2) is 0 Å². The highest BCUT2D eigenvalue weighted by atomic mass is 16.6. The fourth-order valence-corrected chi connectivity index (χ4v) is 2.65. The number of alkyl carbamates (subject to hydrolysis) is 1. The van der Waals surface area contributed by atoms with Crippen molar-refractivity contribution in [2.75, 3.05) is 13.1 Å². The Balaban J connectivity index is 1.90. The van der Waals surface area contributed by atoms with Gasteiger partial charge in [-0.2, -0.15) is 0 Å². The SMILES string of the molecule is CC(C)(C)OC(=O)NCC(=O)N1CCCC1c1ccccc1. The van der Waals surface area contributed by atoms with Gasteiger partial charge in [-0.1, -0.05) is 30.3 Å². The summed E-state index contributed by atoms with van der Waals surface area (Å²) in [5, 5.41) is 2.54. The van der Waals surface area contributed by atoms with Gasteiger partial charge in [0.2, 0.25) is 5.91 Å².